The van der Waals surface area contributed by atoms with Crippen LogP contribution in [-0.4, -0.2) is 53.4 Å². The van der Waals surface area contributed by atoms with Crippen LogP contribution < -0.4 is 0 Å². The maximum absolute atomic E-state index is 11.9. The van der Waals surface area contributed by atoms with Gasteiger partial charge in [0.15, 0.2) is 11.3 Å². The molecule has 0 amide bonds. The van der Waals surface area contributed by atoms with E-state index in [0.717, 1.165) is 16.7 Å². The van der Waals surface area contributed by atoms with Crippen LogP contribution in [0.2, 0.25) is 0 Å². The summed E-state index contributed by atoms with van der Waals surface area (Å²) in [4.78, 5) is 28.8. The fraction of sp³-hybridized carbons (Fsp3) is 0.409. The van der Waals surface area contributed by atoms with Gasteiger partial charge in [0.1, 0.15) is 16.6 Å². The lowest BCUT2D eigenvalue weighted by Crippen LogP contribution is -2.37. The van der Waals surface area contributed by atoms with Crippen LogP contribution in [0, 0.1) is 0 Å². The number of ether oxygens (including phenoxy) is 1. The molecule has 0 aliphatic carbocycles. The van der Waals surface area contributed by atoms with Crippen molar-refractivity contribution in [3.05, 3.63) is 49.3 Å². The summed E-state index contributed by atoms with van der Waals surface area (Å²) >= 11 is 0. The van der Waals surface area contributed by atoms with Gasteiger partial charge in [-0.3, -0.25) is 4.57 Å². The van der Waals surface area contributed by atoms with E-state index in [4.69, 9.17) is 4.74 Å². The van der Waals surface area contributed by atoms with Gasteiger partial charge in [-0.1, -0.05) is 0 Å². The minimum absolute atomic E-state index is 0.0645. The molecule has 9 heteroatoms. The van der Waals surface area contributed by atoms with Crippen LogP contribution in [-0.2, 0) is 20.6 Å². The van der Waals surface area contributed by atoms with E-state index in [9.17, 15) is 9.90 Å². The molecule has 4 aromatic rings. The Bertz CT molecular complexity index is 1180. The Balaban J connectivity index is 0.000000179. The van der Waals surface area contributed by atoms with Crippen molar-refractivity contribution in [1.82, 2.24) is 29.1 Å². The van der Waals surface area contributed by atoms with Crippen molar-refractivity contribution in [2.45, 2.75) is 45.7 Å². The van der Waals surface area contributed by atoms with E-state index in [-0.39, 0.29) is 18.1 Å². The van der Waals surface area contributed by atoms with Crippen LogP contribution in [0.3, 0.4) is 0 Å². The number of esters is 1. The van der Waals surface area contributed by atoms with Crippen molar-refractivity contribution < 1.29 is 14.6 Å². The molecule has 0 radical (unpaired) electrons. The highest BCUT2D eigenvalue weighted by Crippen LogP contribution is 2.22. The highest BCUT2D eigenvalue weighted by atomic mass is 16.5. The molecule has 9 nitrogen and oxygen atoms in total. The lowest BCUT2D eigenvalue weighted by atomic mass is 10.1. The molecule has 0 saturated heterocycles. The van der Waals surface area contributed by atoms with Gasteiger partial charge < -0.3 is 14.4 Å². The molecule has 4 aromatic heterocycles. The molecule has 0 aromatic carbocycles. The first-order chi connectivity index (χ1) is 14.7. The average Bonchev–Trinajstić information content (AvgIpc) is 3.39. The highest BCUT2D eigenvalue weighted by molar-refractivity contribution is 5.81. The minimum Gasteiger partial charge on any atom is -0.464 e. The predicted molar refractivity (Wildman–Crippen MR) is 117 cm³/mol. The first kappa shape index (κ1) is 22.4. The molecule has 1 N–H and O–H groups in total. The number of rotatable bonds is 5. The summed E-state index contributed by atoms with van der Waals surface area (Å²) < 4.78 is 8.69. The van der Waals surface area contributed by atoms with Gasteiger partial charge in [0.05, 0.1) is 31.4 Å². The van der Waals surface area contributed by atoms with Crippen LogP contribution in [0.5, 0.6) is 0 Å². The van der Waals surface area contributed by atoms with Gasteiger partial charge in [0, 0.05) is 12.4 Å². The standard InChI is InChI=1S/C12H15N3O2.C10H13N3O/c1-4-17-11(16)12(2,3)15-8-14-9-6-5-7-13-10(9)15;1-10(2,6-14)13-7-12-8-4-3-5-11-9(8)13/h5-8H,4H2,1-3H3;3-5,7,14H,6H2,1-2H3. The molecule has 164 valence electrons. The molecule has 4 rings (SSSR count). The molecule has 0 bridgehead atoms. The van der Waals surface area contributed by atoms with Gasteiger partial charge >= 0.3 is 5.97 Å². The minimum atomic E-state index is -0.806. The van der Waals surface area contributed by atoms with Gasteiger partial charge in [-0.2, -0.15) is 0 Å². The second-order valence-corrected chi connectivity index (χ2v) is 8.17. The number of aliphatic hydroxyl groups excluding tert-OH is 1. The van der Waals surface area contributed by atoms with E-state index in [2.05, 4.69) is 19.9 Å². The van der Waals surface area contributed by atoms with Gasteiger partial charge in [-0.25, -0.2) is 24.7 Å². The Morgan fingerprint density at radius 1 is 0.935 bits per heavy atom. The summed E-state index contributed by atoms with van der Waals surface area (Å²) in [5.41, 5.74) is 1.96. The Morgan fingerprint density at radius 2 is 1.45 bits per heavy atom. The Morgan fingerprint density at radius 3 is 1.97 bits per heavy atom. The van der Waals surface area contributed by atoms with E-state index >= 15 is 0 Å². The SMILES string of the molecule is CC(C)(CO)n1cnc2cccnc21.CCOC(=O)C(C)(C)n1cnc2cccnc21. The van der Waals surface area contributed by atoms with Gasteiger partial charge in [0.25, 0.3) is 0 Å². The van der Waals surface area contributed by atoms with Crippen molar-refractivity contribution in [2.75, 3.05) is 13.2 Å². The van der Waals surface area contributed by atoms with Crippen molar-refractivity contribution in [3.8, 4) is 0 Å². The number of carbonyl (C=O) groups is 1. The van der Waals surface area contributed by atoms with E-state index < -0.39 is 5.54 Å². The topological polar surface area (TPSA) is 108 Å². The Hall–Kier alpha value is -3.33. The van der Waals surface area contributed by atoms with Gasteiger partial charge in [0.2, 0.25) is 0 Å². The zero-order valence-corrected chi connectivity index (χ0v) is 18.5. The normalized spacial score (nSPS) is 11.9. The Labute approximate surface area is 180 Å². The van der Waals surface area contributed by atoms with Crippen LogP contribution in [0.1, 0.15) is 34.6 Å². The second-order valence-electron chi connectivity index (χ2n) is 8.17. The highest BCUT2D eigenvalue weighted by Gasteiger charge is 2.32. The number of aromatic nitrogens is 6. The second kappa shape index (κ2) is 8.81. The first-order valence-electron chi connectivity index (χ1n) is 10.1. The summed E-state index contributed by atoms with van der Waals surface area (Å²) in [6.45, 7) is 9.70. The quantitative estimate of drug-likeness (QED) is 0.491. The number of pyridine rings is 2. The van der Waals surface area contributed by atoms with Crippen LogP contribution >= 0.6 is 0 Å². The van der Waals surface area contributed by atoms with Crippen molar-refractivity contribution in [3.63, 3.8) is 0 Å². The smallest absolute Gasteiger partial charge is 0.331 e. The molecular weight excluding hydrogens is 396 g/mol. The number of hydrogen-bond acceptors (Lipinski definition) is 7. The fourth-order valence-electron chi connectivity index (χ4n) is 3.03. The molecule has 31 heavy (non-hydrogen) atoms. The fourth-order valence-corrected chi connectivity index (χ4v) is 3.03. The summed E-state index contributed by atoms with van der Waals surface area (Å²) in [5, 5.41) is 9.25. The largest absolute Gasteiger partial charge is 0.464 e. The predicted octanol–water partition coefficient (Wildman–Crippen LogP) is 2.89. The lowest BCUT2D eigenvalue weighted by molar-refractivity contribution is -0.152. The van der Waals surface area contributed by atoms with Gasteiger partial charge in [-0.15, -0.1) is 0 Å². The first-order valence-corrected chi connectivity index (χ1v) is 10.1. The van der Waals surface area contributed by atoms with E-state index in [1.54, 1.807) is 50.4 Å². The molecule has 0 aliphatic rings. The van der Waals surface area contributed by atoms with Crippen LogP contribution in [0.15, 0.2) is 49.3 Å². The number of carbonyl (C=O) groups excluding carboxylic acids is 1. The van der Waals surface area contributed by atoms with Gasteiger partial charge in [-0.05, 0) is 58.9 Å². The van der Waals surface area contributed by atoms with E-state index in [1.165, 1.54) is 0 Å². The van der Waals surface area contributed by atoms with E-state index in [0.29, 0.717) is 12.3 Å². The maximum Gasteiger partial charge on any atom is 0.331 e. The molecular formula is C22H28N6O3. The zero-order chi connectivity index (χ0) is 22.6. The third-order valence-corrected chi connectivity index (χ3v) is 5.03. The van der Waals surface area contributed by atoms with Crippen LogP contribution in [0.25, 0.3) is 22.3 Å². The molecule has 4 heterocycles. The summed E-state index contributed by atoms with van der Waals surface area (Å²) in [7, 11) is 0. The molecule has 0 unspecified atom stereocenters. The lowest BCUT2D eigenvalue weighted by Gasteiger charge is -2.24. The number of hydrogen-bond donors (Lipinski definition) is 1. The van der Waals surface area contributed by atoms with Crippen molar-refractivity contribution in [1.29, 1.82) is 0 Å². The molecule has 0 aliphatic heterocycles. The van der Waals surface area contributed by atoms with Crippen LogP contribution in [0.4, 0.5) is 0 Å². The zero-order valence-electron chi connectivity index (χ0n) is 18.5. The van der Waals surface area contributed by atoms with Crippen molar-refractivity contribution in [2.24, 2.45) is 0 Å². The molecule has 0 saturated carbocycles. The monoisotopic (exact) mass is 424 g/mol. The third-order valence-electron chi connectivity index (χ3n) is 5.03. The summed E-state index contributed by atoms with van der Waals surface area (Å²) in [6, 6.07) is 7.44. The third kappa shape index (κ3) is 4.41. The number of aliphatic hydroxyl groups is 1. The Kier molecular flexibility index (Phi) is 6.35. The number of nitrogens with zero attached hydrogens (tertiary/aromatic N) is 6. The molecule has 0 atom stereocenters. The summed E-state index contributed by atoms with van der Waals surface area (Å²) in [5.74, 6) is -0.287. The molecule has 0 spiro atoms. The molecule has 0 fully saturated rings. The number of fused-ring (bicyclic) bond motifs is 2. The summed E-state index contributed by atoms with van der Waals surface area (Å²) in [6.07, 6.45) is 6.75. The average molecular weight is 425 g/mol. The van der Waals surface area contributed by atoms with E-state index in [1.807, 2.05) is 42.7 Å². The maximum atomic E-state index is 11.9. The van der Waals surface area contributed by atoms with Crippen molar-refractivity contribution >= 4 is 28.3 Å². The number of imidazole rings is 2.